The molecule has 0 aliphatic heterocycles. The Morgan fingerprint density at radius 2 is 1.58 bits per heavy atom. The average Bonchev–Trinajstić information content (AvgIpc) is 2.12. The fourth-order valence-corrected chi connectivity index (χ4v) is 1.55. The Morgan fingerprint density at radius 1 is 1.00 bits per heavy atom. The predicted molar refractivity (Wildman–Crippen MR) is 51.0 cm³/mol. The first-order valence-corrected chi connectivity index (χ1v) is 5.01. The second-order valence-electron chi connectivity index (χ2n) is 3.44. The molecule has 74 valence electrons. The first kappa shape index (κ1) is 11.9. The van der Waals surface area contributed by atoms with Gasteiger partial charge in [0, 0.05) is 13.2 Å². The summed E-state index contributed by atoms with van der Waals surface area (Å²) in [5.74, 6) is 0.599. The van der Waals surface area contributed by atoms with Crippen LogP contribution in [0.3, 0.4) is 0 Å². The van der Waals surface area contributed by atoms with Gasteiger partial charge in [0.15, 0.2) is 0 Å². The van der Waals surface area contributed by atoms with Gasteiger partial charge in [-0.05, 0) is 18.3 Å². The van der Waals surface area contributed by atoms with Gasteiger partial charge in [0.2, 0.25) is 0 Å². The maximum Gasteiger partial charge on any atom is 0.0462 e. The third kappa shape index (κ3) is 4.07. The second kappa shape index (κ2) is 7.56. The van der Waals surface area contributed by atoms with Crippen molar-refractivity contribution in [2.75, 3.05) is 13.2 Å². The Kier molecular flexibility index (Phi) is 7.51. The summed E-state index contributed by atoms with van der Waals surface area (Å²) in [6.07, 6.45) is 4.33. The maximum atomic E-state index is 9.07. The van der Waals surface area contributed by atoms with Gasteiger partial charge < -0.3 is 10.2 Å². The van der Waals surface area contributed by atoms with Crippen LogP contribution in [0.25, 0.3) is 0 Å². The van der Waals surface area contributed by atoms with Crippen molar-refractivity contribution < 1.29 is 10.2 Å². The molecule has 12 heavy (non-hydrogen) atoms. The summed E-state index contributed by atoms with van der Waals surface area (Å²) in [7, 11) is 0. The second-order valence-corrected chi connectivity index (χ2v) is 3.44. The van der Waals surface area contributed by atoms with Crippen molar-refractivity contribution in [1.29, 1.82) is 0 Å². The molecule has 0 saturated heterocycles. The summed E-state index contributed by atoms with van der Waals surface area (Å²) in [4.78, 5) is 0. The number of hydrogen-bond acceptors (Lipinski definition) is 2. The molecule has 0 aliphatic rings. The fraction of sp³-hybridized carbons (Fsp3) is 1.00. The van der Waals surface area contributed by atoms with E-state index in [1.54, 1.807) is 0 Å². The van der Waals surface area contributed by atoms with E-state index in [0.29, 0.717) is 11.8 Å². The molecule has 2 N–H and O–H groups in total. The van der Waals surface area contributed by atoms with E-state index < -0.39 is 0 Å². The van der Waals surface area contributed by atoms with Gasteiger partial charge in [0.25, 0.3) is 0 Å². The third-order valence-corrected chi connectivity index (χ3v) is 2.59. The zero-order chi connectivity index (χ0) is 9.40. The molecule has 0 aromatic rings. The van der Waals surface area contributed by atoms with Crippen LogP contribution < -0.4 is 0 Å². The van der Waals surface area contributed by atoms with E-state index in [2.05, 4.69) is 13.8 Å². The van der Waals surface area contributed by atoms with Crippen LogP contribution in [-0.4, -0.2) is 23.4 Å². The maximum absolute atomic E-state index is 9.07. The predicted octanol–water partition coefficient (Wildman–Crippen LogP) is 1.80. The van der Waals surface area contributed by atoms with E-state index in [9.17, 15) is 0 Å². The van der Waals surface area contributed by atoms with Gasteiger partial charge in [0.1, 0.15) is 0 Å². The summed E-state index contributed by atoms with van der Waals surface area (Å²) in [6, 6.07) is 0. The number of unbranched alkanes of at least 4 members (excludes halogenated alkanes) is 1. The number of aliphatic hydroxyl groups is 2. The van der Waals surface area contributed by atoms with Crippen molar-refractivity contribution in [2.24, 2.45) is 11.8 Å². The smallest absolute Gasteiger partial charge is 0.0462 e. The van der Waals surface area contributed by atoms with E-state index in [4.69, 9.17) is 10.2 Å². The molecule has 2 atom stereocenters. The lowest BCUT2D eigenvalue weighted by Gasteiger charge is -2.22. The molecule has 2 unspecified atom stereocenters. The standard InChI is InChI=1S/C10H22O2/c1-3-5-6-10(8-12)9(4-2)7-11/h9-12H,3-8H2,1-2H3. The summed E-state index contributed by atoms with van der Waals surface area (Å²) >= 11 is 0. The molecule has 0 aliphatic carbocycles. The molecule has 0 aromatic carbocycles. The Bertz CT molecular complexity index is 89.8. The quantitative estimate of drug-likeness (QED) is 0.618. The van der Waals surface area contributed by atoms with Gasteiger partial charge in [-0.2, -0.15) is 0 Å². The Hall–Kier alpha value is -0.0800. The van der Waals surface area contributed by atoms with Crippen LogP contribution in [0.4, 0.5) is 0 Å². The van der Waals surface area contributed by atoms with Crippen molar-refractivity contribution in [3.8, 4) is 0 Å². The van der Waals surface area contributed by atoms with Crippen LogP contribution in [0, 0.1) is 11.8 Å². The van der Waals surface area contributed by atoms with Gasteiger partial charge in [-0.3, -0.25) is 0 Å². The molecule has 0 amide bonds. The highest BCUT2D eigenvalue weighted by atomic mass is 16.3. The van der Waals surface area contributed by atoms with E-state index in [0.717, 1.165) is 19.3 Å². The zero-order valence-corrected chi connectivity index (χ0v) is 8.29. The lowest BCUT2D eigenvalue weighted by Crippen LogP contribution is -2.21. The number of rotatable bonds is 7. The van der Waals surface area contributed by atoms with Crippen molar-refractivity contribution in [3.05, 3.63) is 0 Å². The topological polar surface area (TPSA) is 40.5 Å². The summed E-state index contributed by atoms with van der Waals surface area (Å²) in [5.41, 5.74) is 0. The van der Waals surface area contributed by atoms with Crippen molar-refractivity contribution in [2.45, 2.75) is 39.5 Å². The van der Waals surface area contributed by atoms with Gasteiger partial charge >= 0.3 is 0 Å². The van der Waals surface area contributed by atoms with Crippen LogP contribution in [-0.2, 0) is 0 Å². The lowest BCUT2D eigenvalue weighted by molar-refractivity contribution is 0.110. The monoisotopic (exact) mass is 174 g/mol. The van der Waals surface area contributed by atoms with Crippen LogP contribution in [0.5, 0.6) is 0 Å². The van der Waals surface area contributed by atoms with Crippen LogP contribution >= 0.6 is 0 Å². The first-order chi connectivity index (χ1) is 5.79. The van der Waals surface area contributed by atoms with Gasteiger partial charge in [-0.25, -0.2) is 0 Å². The molecule has 0 bridgehead atoms. The Balaban J connectivity index is 3.75. The van der Waals surface area contributed by atoms with Gasteiger partial charge in [0.05, 0.1) is 0 Å². The van der Waals surface area contributed by atoms with Gasteiger partial charge in [-0.15, -0.1) is 0 Å². The SMILES string of the molecule is CCCCC(CO)C(CC)CO. The van der Waals surface area contributed by atoms with Crippen molar-refractivity contribution >= 4 is 0 Å². The van der Waals surface area contributed by atoms with E-state index >= 15 is 0 Å². The largest absolute Gasteiger partial charge is 0.396 e. The molecular weight excluding hydrogens is 152 g/mol. The Labute approximate surface area is 75.6 Å². The van der Waals surface area contributed by atoms with Crippen LogP contribution in [0.2, 0.25) is 0 Å². The van der Waals surface area contributed by atoms with Gasteiger partial charge in [-0.1, -0.05) is 33.1 Å². The first-order valence-electron chi connectivity index (χ1n) is 5.01. The van der Waals surface area contributed by atoms with Crippen LogP contribution in [0.15, 0.2) is 0 Å². The molecule has 2 nitrogen and oxygen atoms in total. The normalized spacial score (nSPS) is 16.0. The third-order valence-electron chi connectivity index (χ3n) is 2.59. The van der Waals surface area contributed by atoms with E-state index in [1.807, 2.05) is 0 Å². The van der Waals surface area contributed by atoms with Crippen molar-refractivity contribution in [1.82, 2.24) is 0 Å². The molecule has 0 rings (SSSR count). The lowest BCUT2D eigenvalue weighted by atomic mass is 9.87. The molecular formula is C10H22O2. The van der Waals surface area contributed by atoms with Crippen LogP contribution in [0.1, 0.15) is 39.5 Å². The summed E-state index contributed by atoms with van der Waals surface area (Å²) in [6.45, 7) is 4.65. The highest BCUT2D eigenvalue weighted by Gasteiger charge is 2.17. The molecule has 2 heteroatoms. The highest BCUT2D eigenvalue weighted by molar-refractivity contribution is 4.67. The Morgan fingerprint density at radius 3 is 1.92 bits per heavy atom. The van der Waals surface area contributed by atoms with E-state index in [1.165, 1.54) is 6.42 Å². The molecule has 0 saturated carbocycles. The number of hydrogen-bond donors (Lipinski definition) is 2. The molecule has 0 heterocycles. The van der Waals surface area contributed by atoms with E-state index in [-0.39, 0.29) is 13.2 Å². The average molecular weight is 174 g/mol. The molecule has 0 spiro atoms. The summed E-state index contributed by atoms with van der Waals surface area (Å²) in [5, 5.41) is 18.1. The molecule has 0 aromatic heterocycles. The molecule has 0 fully saturated rings. The zero-order valence-electron chi connectivity index (χ0n) is 8.29. The minimum Gasteiger partial charge on any atom is -0.396 e. The summed E-state index contributed by atoms with van der Waals surface area (Å²) < 4.78 is 0. The van der Waals surface area contributed by atoms with Crippen molar-refractivity contribution in [3.63, 3.8) is 0 Å². The fourth-order valence-electron chi connectivity index (χ4n) is 1.55. The number of aliphatic hydroxyl groups excluding tert-OH is 2. The minimum atomic E-state index is 0.214. The highest BCUT2D eigenvalue weighted by Crippen LogP contribution is 2.20. The molecule has 0 radical (unpaired) electrons. The minimum absolute atomic E-state index is 0.214.